The van der Waals surface area contributed by atoms with Crippen LogP contribution >= 0.6 is 0 Å². The molecule has 0 aliphatic rings. The quantitative estimate of drug-likeness (QED) is 0.541. The van der Waals surface area contributed by atoms with Gasteiger partial charge in [-0.05, 0) is 17.6 Å². The van der Waals surface area contributed by atoms with Crippen LogP contribution in [0.1, 0.15) is 0 Å². The first-order valence-corrected chi connectivity index (χ1v) is 3.41. The summed E-state index contributed by atoms with van der Waals surface area (Å²) in [5, 5.41) is 8.99. The minimum Gasteiger partial charge on any atom is -0.423 e. The van der Waals surface area contributed by atoms with Crippen LogP contribution in [0.2, 0.25) is 0 Å². The van der Waals surface area contributed by atoms with Crippen molar-refractivity contribution in [2.75, 3.05) is 7.11 Å². The van der Waals surface area contributed by atoms with Crippen LogP contribution in [0.3, 0.4) is 0 Å². The maximum atomic E-state index is 12.6. The lowest BCUT2D eigenvalue weighted by molar-refractivity contribution is 0.341. The van der Waals surface area contributed by atoms with Gasteiger partial charge in [0.05, 0.1) is 0 Å². The zero-order valence-corrected chi connectivity index (χ0v) is 6.72. The lowest BCUT2D eigenvalue weighted by Crippen LogP contribution is -2.33. The average molecular weight is 190 g/mol. The van der Waals surface area contributed by atoms with Crippen LogP contribution in [0.15, 0.2) is 12.1 Å². The smallest absolute Gasteiger partial charge is 0.423 e. The van der Waals surface area contributed by atoms with Crippen molar-refractivity contribution in [1.29, 1.82) is 0 Å². The van der Waals surface area contributed by atoms with Crippen LogP contribution in [0, 0.1) is 17.5 Å². The van der Waals surface area contributed by atoms with Crippen molar-refractivity contribution in [3.63, 3.8) is 0 Å². The van der Waals surface area contributed by atoms with Crippen LogP contribution < -0.4 is 5.46 Å². The molecule has 0 bridgehead atoms. The molecule has 0 fully saturated rings. The van der Waals surface area contributed by atoms with Gasteiger partial charge in [-0.3, -0.25) is 0 Å². The molecule has 1 aromatic rings. The monoisotopic (exact) mass is 190 g/mol. The molecule has 6 heteroatoms. The molecule has 1 N–H and O–H groups in total. The molecule has 2 nitrogen and oxygen atoms in total. The Morgan fingerprint density at radius 3 is 2.08 bits per heavy atom. The maximum absolute atomic E-state index is 12.6. The number of hydrogen-bond donors (Lipinski definition) is 1. The summed E-state index contributed by atoms with van der Waals surface area (Å²) in [5.41, 5.74) is -0.168. The Morgan fingerprint density at radius 2 is 1.69 bits per heavy atom. The Hall–Kier alpha value is -1.01. The third-order valence-electron chi connectivity index (χ3n) is 1.51. The predicted molar refractivity (Wildman–Crippen MR) is 40.9 cm³/mol. The minimum absolute atomic E-state index is 0.168. The first kappa shape index (κ1) is 10.1. The van der Waals surface area contributed by atoms with Gasteiger partial charge in [-0.1, -0.05) is 0 Å². The number of halogens is 3. The highest BCUT2D eigenvalue weighted by Gasteiger charge is 2.19. The Bertz CT molecular complexity index is 296. The molecular formula is C7H6BF3O2. The molecule has 0 amide bonds. The van der Waals surface area contributed by atoms with Gasteiger partial charge in [0, 0.05) is 7.11 Å². The van der Waals surface area contributed by atoms with E-state index in [9.17, 15) is 13.2 Å². The van der Waals surface area contributed by atoms with E-state index in [-0.39, 0.29) is 5.46 Å². The van der Waals surface area contributed by atoms with E-state index in [4.69, 9.17) is 5.02 Å². The number of benzene rings is 1. The van der Waals surface area contributed by atoms with Gasteiger partial charge in [0.1, 0.15) is 0 Å². The van der Waals surface area contributed by atoms with Crippen molar-refractivity contribution in [1.82, 2.24) is 0 Å². The Labute approximate surface area is 73.1 Å². The molecule has 0 unspecified atom stereocenters. The van der Waals surface area contributed by atoms with E-state index in [1.54, 1.807) is 0 Å². The average Bonchev–Trinajstić information content (AvgIpc) is 2.12. The molecule has 1 aromatic carbocycles. The molecule has 1 rings (SSSR count). The predicted octanol–water partition coefficient (Wildman–Crippen LogP) is 0.438. The maximum Gasteiger partial charge on any atom is 0.491 e. The first-order valence-electron chi connectivity index (χ1n) is 3.41. The molecule has 0 saturated heterocycles. The summed E-state index contributed by atoms with van der Waals surface area (Å²) in [6.07, 6.45) is 0. The van der Waals surface area contributed by atoms with E-state index < -0.39 is 24.6 Å². The Morgan fingerprint density at radius 1 is 1.23 bits per heavy atom. The van der Waals surface area contributed by atoms with Crippen molar-refractivity contribution >= 4 is 12.6 Å². The lowest BCUT2D eigenvalue weighted by Gasteiger charge is -2.04. The Balaban J connectivity index is 3.13. The molecule has 0 spiro atoms. The normalized spacial score (nSPS) is 10.2. The minimum atomic E-state index is -1.56. The van der Waals surface area contributed by atoms with Crippen LogP contribution in [0.5, 0.6) is 0 Å². The van der Waals surface area contributed by atoms with Crippen molar-refractivity contribution in [2.24, 2.45) is 0 Å². The van der Waals surface area contributed by atoms with Gasteiger partial charge in [0.2, 0.25) is 0 Å². The van der Waals surface area contributed by atoms with Gasteiger partial charge in [0.15, 0.2) is 17.5 Å². The van der Waals surface area contributed by atoms with Crippen LogP contribution in [0.25, 0.3) is 0 Å². The van der Waals surface area contributed by atoms with Crippen molar-refractivity contribution in [2.45, 2.75) is 0 Å². The molecule has 0 heterocycles. The molecular weight excluding hydrogens is 184 g/mol. The zero-order chi connectivity index (χ0) is 10.0. The number of hydrogen-bond acceptors (Lipinski definition) is 2. The van der Waals surface area contributed by atoms with Gasteiger partial charge < -0.3 is 9.68 Å². The summed E-state index contributed by atoms with van der Waals surface area (Å²) >= 11 is 0. The SMILES string of the molecule is COB(O)c1cc(F)c(F)c(F)c1. The summed E-state index contributed by atoms with van der Waals surface area (Å²) in [4.78, 5) is 0. The fourth-order valence-electron chi connectivity index (χ4n) is 0.854. The van der Waals surface area contributed by atoms with Gasteiger partial charge >= 0.3 is 7.12 Å². The van der Waals surface area contributed by atoms with E-state index in [1.807, 2.05) is 0 Å². The van der Waals surface area contributed by atoms with Crippen molar-refractivity contribution < 1.29 is 22.8 Å². The van der Waals surface area contributed by atoms with E-state index in [0.29, 0.717) is 12.1 Å². The third-order valence-corrected chi connectivity index (χ3v) is 1.51. The fourth-order valence-corrected chi connectivity index (χ4v) is 0.854. The standard InChI is InChI=1S/C7H6BF3O2/c1-13-8(12)4-2-5(9)7(11)6(10)3-4/h2-3,12H,1H3. The second kappa shape index (κ2) is 3.80. The highest BCUT2D eigenvalue weighted by atomic mass is 19.2. The van der Waals surface area contributed by atoms with Crippen LogP contribution in [0.4, 0.5) is 13.2 Å². The molecule has 70 valence electrons. The van der Waals surface area contributed by atoms with Crippen LogP contribution in [-0.2, 0) is 4.65 Å². The van der Waals surface area contributed by atoms with E-state index in [2.05, 4.69) is 4.65 Å². The first-order chi connectivity index (χ1) is 6.06. The summed E-state index contributed by atoms with van der Waals surface area (Å²) in [5.74, 6) is -4.27. The van der Waals surface area contributed by atoms with Gasteiger partial charge in [-0.25, -0.2) is 13.2 Å². The molecule has 0 aromatic heterocycles. The molecule has 13 heavy (non-hydrogen) atoms. The largest absolute Gasteiger partial charge is 0.491 e. The van der Waals surface area contributed by atoms with Gasteiger partial charge in [0.25, 0.3) is 0 Å². The second-order valence-electron chi connectivity index (χ2n) is 2.39. The van der Waals surface area contributed by atoms with Crippen molar-refractivity contribution in [3.05, 3.63) is 29.6 Å². The highest BCUT2D eigenvalue weighted by molar-refractivity contribution is 6.59. The summed E-state index contributed by atoms with van der Waals surface area (Å²) in [7, 11) is -0.297. The summed E-state index contributed by atoms with van der Waals surface area (Å²) in [6, 6.07) is 1.35. The van der Waals surface area contributed by atoms with E-state index in [0.717, 1.165) is 7.11 Å². The Kier molecular flexibility index (Phi) is 2.95. The zero-order valence-electron chi connectivity index (χ0n) is 6.72. The van der Waals surface area contributed by atoms with E-state index >= 15 is 0 Å². The van der Waals surface area contributed by atoms with Gasteiger partial charge in [-0.15, -0.1) is 0 Å². The molecule has 0 aliphatic carbocycles. The lowest BCUT2D eigenvalue weighted by atomic mass is 9.79. The number of rotatable bonds is 2. The van der Waals surface area contributed by atoms with Crippen LogP contribution in [-0.4, -0.2) is 19.3 Å². The highest BCUT2D eigenvalue weighted by Crippen LogP contribution is 2.08. The van der Waals surface area contributed by atoms with Gasteiger partial charge in [-0.2, -0.15) is 0 Å². The van der Waals surface area contributed by atoms with Crippen molar-refractivity contribution in [3.8, 4) is 0 Å². The second-order valence-corrected chi connectivity index (χ2v) is 2.39. The topological polar surface area (TPSA) is 29.5 Å². The summed E-state index contributed by atoms with van der Waals surface area (Å²) < 4.78 is 41.9. The van der Waals surface area contributed by atoms with E-state index in [1.165, 1.54) is 0 Å². The third kappa shape index (κ3) is 2.02. The molecule has 0 radical (unpaired) electrons. The fraction of sp³-hybridized carbons (Fsp3) is 0.143. The summed E-state index contributed by atoms with van der Waals surface area (Å²) in [6.45, 7) is 0. The molecule has 0 aliphatic heterocycles. The molecule has 0 saturated carbocycles. The molecule has 0 atom stereocenters.